The van der Waals surface area contributed by atoms with Gasteiger partial charge in [-0.05, 0) is 12.8 Å². The first-order valence-electron chi connectivity index (χ1n) is 6.79. The monoisotopic (exact) mass is 284 g/mol. The first-order valence-corrected chi connectivity index (χ1v) is 7.56. The minimum absolute atomic E-state index is 0.00217. The Morgan fingerprint density at radius 2 is 2.21 bits per heavy atom. The summed E-state index contributed by atoms with van der Waals surface area (Å²) < 4.78 is 9.94. The molecule has 0 spiro atoms. The number of methoxy groups -OCH3 is 1. The molecule has 2 unspecified atom stereocenters. The van der Waals surface area contributed by atoms with Crippen LogP contribution in [0.25, 0.3) is 0 Å². The van der Waals surface area contributed by atoms with Crippen LogP contribution in [0.5, 0.6) is 0 Å². The van der Waals surface area contributed by atoms with Gasteiger partial charge in [0.05, 0.1) is 6.10 Å². The maximum absolute atomic E-state index is 5.90. The fourth-order valence-corrected chi connectivity index (χ4v) is 3.30. The van der Waals surface area contributed by atoms with Crippen LogP contribution < -0.4 is 10.6 Å². The normalized spacial score (nSPS) is 24.8. The van der Waals surface area contributed by atoms with Crippen molar-refractivity contribution in [2.24, 2.45) is 5.73 Å². The second-order valence-corrected chi connectivity index (χ2v) is 6.85. The van der Waals surface area contributed by atoms with Crippen molar-refractivity contribution in [1.82, 2.24) is 9.36 Å². The van der Waals surface area contributed by atoms with Gasteiger partial charge < -0.3 is 15.4 Å². The maximum Gasteiger partial charge on any atom is 0.205 e. The Hall–Kier alpha value is -0.720. The third kappa shape index (κ3) is 3.24. The molecule has 6 heteroatoms. The molecule has 0 amide bonds. The van der Waals surface area contributed by atoms with E-state index in [0.29, 0.717) is 18.7 Å². The first kappa shape index (κ1) is 14.7. The lowest BCUT2D eigenvalue weighted by Gasteiger charge is -2.38. The van der Waals surface area contributed by atoms with E-state index in [2.05, 4.69) is 30.0 Å². The average Bonchev–Trinajstić information content (AvgIpc) is 2.87. The Kier molecular flexibility index (Phi) is 4.43. The van der Waals surface area contributed by atoms with Crippen LogP contribution in [0.4, 0.5) is 5.13 Å². The maximum atomic E-state index is 5.90. The van der Waals surface area contributed by atoms with Gasteiger partial charge in [-0.25, -0.2) is 4.98 Å². The van der Waals surface area contributed by atoms with Crippen molar-refractivity contribution in [2.45, 2.75) is 51.2 Å². The fraction of sp³-hybridized carbons (Fsp3) is 0.846. The summed E-state index contributed by atoms with van der Waals surface area (Å²) in [5.74, 6) is 0.914. The number of aromatic nitrogens is 2. The number of hydrogen-bond acceptors (Lipinski definition) is 6. The molecular weight excluding hydrogens is 260 g/mol. The molecule has 2 N–H and O–H groups in total. The molecule has 0 aromatic carbocycles. The molecule has 5 nitrogen and oxygen atoms in total. The third-order valence-corrected chi connectivity index (χ3v) is 4.36. The van der Waals surface area contributed by atoms with Gasteiger partial charge in [0.2, 0.25) is 5.13 Å². The number of ether oxygens (including phenoxy) is 1. The first-order chi connectivity index (χ1) is 8.95. The minimum Gasteiger partial charge on any atom is -0.381 e. The summed E-state index contributed by atoms with van der Waals surface area (Å²) in [6.45, 7) is 7.98. The summed E-state index contributed by atoms with van der Waals surface area (Å²) in [6, 6.07) is 0.305. The lowest BCUT2D eigenvalue weighted by atomic mass is 9.96. The zero-order valence-corrected chi connectivity index (χ0v) is 13.0. The SMILES string of the molecule is COC1CCN(c2nc(C(C)(C)C)ns2)C(CN)C1. The van der Waals surface area contributed by atoms with E-state index in [1.165, 1.54) is 11.5 Å². The van der Waals surface area contributed by atoms with Gasteiger partial charge in [0.15, 0.2) is 0 Å². The van der Waals surface area contributed by atoms with Crippen LogP contribution in [0.3, 0.4) is 0 Å². The van der Waals surface area contributed by atoms with Gasteiger partial charge in [-0.3, -0.25) is 0 Å². The van der Waals surface area contributed by atoms with E-state index in [0.717, 1.165) is 30.3 Å². The Morgan fingerprint density at radius 3 is 2.74 bits per heavy atom. The molecule has 0 saturated carbocycles. The summed E-state index contributed by atoms with van der Waals surface area (Å²) >= 11 is 1.48. The van der Waals surface area contributed by atoms with Gasteiger partial charge in [0.25, 0.3) is 0 Å². The Balaban J connectivity index is 2.14. The molecule has 1 aromatic rings. The molecule has 2 atom stereocenters. The summed E-state index contributed by atoms with van der Waals surface area (Å²) in [5, 5.41) is 0.995. The number of rotatable bonds is 3. The van der Waals surface area contributed by atoms with Gasteiger partial charge in [-0.15, -0.1) is 0 Å². The topological polar surface area (TPSA) is 64.3 Å². The van der Waals surface area contributed by atoms with Gasteiger partial charge in [0.1, 0.15) is 5.82 Å². The molecular formula is C13H24N4OS. The molecule has 108 valence electrons. The summed E-state index contributed by atoms with van der Waals surface area (Å²) in [7, 11) is 1.77. The second kappa shape index (κ2) is 5.73. The standard InChI is InChI=1S/C13H24N4OS/c1-13(2,3)11-15-12(19-16-11)17-6-5-10(18-4)7-9(17)8-14/h9-10H,5-8,14H2,1-4H3. The number of nitrogens with zero attached hydrogens (tertiary/aromatic N) is 3. The number of hydrogen-bond donors (Lipinski definition) is 1. The lowest BCUT2D eigenvalue weighted by Crippen LogP contribution is -2.48. The van der Waals surface area contributed by atoms with Crippen molar-refractivity contribution in [1.29, 1.82) is 0 Å². The molecule has 1 saturated heterocycles. The quantitative estimate of drug-likeness (QED) is 0.916. The highest BCUT2D eigenvalue weighted by molar-refractivity contribution is 7.09. The Bertz CT molecular complexity index is 415. The molecule has 2 heterocycles. The number of anilines is 1. The molecule has 1 fully saturated rings. The predicted octanol–water partition coefficient (Wildman–Crippen LogP) is 1.78. The summed E-state index contributed by atoms with van der Waals surface area (Å²) in [5.41, 5.74) is 5.90. The van der Waals surface area contributed by atoms with Crippen LogP contribution in [0, 0.1) is 0 Å². The Morgan fingerprint density at radius 1 is 1.47 bits per heavy atom. The number of nitrogens with two attached hydrogens (primary N) is 1. The van der Waals surface area contributed by atoms with Crippen molar-refractivity contribution < 1.29 is 4.74 Å². The zero-order chi connectivity index (χ0) is 14.0. The minimum atomic E-state index is -0.00217. The van der Waals surface area contributed by atoms with Gasteiger partial charge >= 0.3 is 0 Å². The predicted molar refractivity (Wildman–Crippen MR) is 78.8 cm³/mol. The van der Waals surface area contributed by atoms with E-state index in [1.54, 1.807) is 7.11 Å². The van der Waals surface area contributed by atoms with E-state index in [9.17, 15) is 0 Å². The second-order valence-electron chi connectivity index (χ2n) is 6.12. The van der Waals surface area contributed by atoms with Crippen LogP contribution in [0.2, 0.25) is 0 Å². The van der Waals surface area contributed by atoms with E-state index in [-0.39, 0.29) is 5.41 Å². The van der Waals surface area contributed by atoms with E-state index in [1.807, 2.05) is 0 Å². The molecule has 1 aromatic heterocycles. The summed E-state index contributed by atoms with van der Waals surface area (Å²) in [6.07, 6.45) is 2.31. The highest BCUT2D eigenvalue weighted by Gasteiger charge is 2.30. The largest absolute Gasteiger partial charge is 0.381 e. The fourth-order valence-electron chi connectivity index (χ4n) is 2.34. The van der Waals surface area contributed by atoms with E-state index < -0.39 is 0 Å². The van der Waals surface area contributed by atoms with Crippen LogP contribution in [0.15, 0.2) is 0 Å². The Labute approximate surface area is 119 Å². The third-order valence-electron chi connectivity index (χ3n) is 3.60. The van der Waals surface area contributed by atoms with Crippen LogP contribution >= 0.6 is 11.5 Å². The molecule has 0 bridgehead atoms. The zero-order valence-electron chi connectivity index (χ0n) is 12.2. The van der Waals surface area contributed by atoms with Crippen molar-refractivity contribution in [3.8, 4) is 0 Å². The van der Waals surface area contributed by atoms with Crippen molar-refractivity contribution in [3.63, 3.8) is 0 Å². The van der Waals surface area contributed by atoms with Crippen molar-refractivity contribution in [3.05, 3.63) is 5.82 Å². The molecule has 2 rings (SSSR count). The van der Waals surface area contributed by atoms with Crippen molar-refractivity contribution in [2.75, 3.05) is 25.1 Å². The lowest BCUT2D eigenvalue weighted by molar-refractivity contribution is 0.0709. The van der Waals surface area contributed by atoms with Gasteiger partial charge in [-0.1, -0.05) is 20.8 Å². The van der Waals surface area contributed by atoms with Crippen LogP contribution in [-0.2, 0) is 10.2 Å². The molecule has 0 aliphatic carbocycles. The highest BCUT2D eigenvalue weighted by Crippen LogP contribution is 2.30. The van der Waals surface area contributed by atoms with Gasteiger partial charge in [-0.2, -0.15) is 4.37 Å². The molecule has 1 aliphatic heterocycles. The van der Waals surface area contributed by atoms with Gasteiger partial charge in [0, 0.05) is 43.2 Å². The summed E-state index contributed by atoms with van der Waals surface area (Å²) in [4.78, 5) is 6.99. The molecule has 19 heavy (non-hydrogen) atoms. The van der Waals surface area contributed by atoms with E-state index >= 15 is 0 Å². The van der Waals surface area contributed by atoms with E-state index in [4.69, 9.17) is 15.5 Å². The average molecular weight is 284 g/mol. The van der Waals surface area contributed by atoms with Crippen molar-refractivity contribution >= 4 is 16.7 Å². The van der Waals surface area contributed by atoms with Crippen LogP contribution in [-0.4, -0.2) is 41.7 Å². The molecule has 1 aliphatic rings. The highest BCUT2D eigenvalue weighted by atomic mass is 32.1. The molecule has 0 radical (unpaired) electrons. The van der Waals surface area contributed by atoms with Crippen LogP contribution in [0.1, 0.15) is 39.4 Å². The number of piperidine rings is 1. The smallest absolute Gasteiger partial charge is 0.205 e.